The highest BCUT2D eigenvalue weighted by molar-refractivity contribution is 5.87. The van der Waals surface area contributed by atoms with E-state index in [1.54, 1.807) is 0 Å². The zero-order valence-electron chi connectivity index (χ0n) is 10.9. The van der Waals surface area contributed by atoms with E-state index < -0.39 is 23.1 Å². The molecule has 2 aromatic rings. The van der Waals surface area contributed by atoms with Crippen molar-refractivity contribution in [3.8, 4) is 0 Å². The fraction of sp³-hybridized carbons (Fsp3) is 0.0769. The maximum atomic E-state index is 11.0. The van der Waals surface area contributed by atoms with Crippen LogP contribution in [0.2, 0.25) is 0 Å². The molecule has 0 aliphatic rings. The van der Waals surface area contributed by atoms with Crippen LogP contribution in [-0.4, -0.2) is 31.7 Å². The maximum absolute atomic E-state index is 11.0. The van der Waals surface area contributed by atoms with E-state index in [9.17, 15) is 19.2 Å². The van der Waals surface area contributed by atoms with Gasteiger partial charge >= 0.3 is 11.9 Å². The number of aromatic amines is 1. The number of aromatic nitrogens is 2. The molecule has 0 radical (unpaired) electrons. The lowest BCUT2D eigenvalue weighted by Gasteiger charge is -1.96. The Kier molecular flexibility index (Phi) is 5.18. The van der Waals surface area contributed by atoms with E-state index in [1.807, 2.05) is 0 Å². The first-order valence-electron chi connectivity index (χ1n) is 5.64. The van der Waals surface area contributed by atoms with Gasteiger partial charge in [0.05, 0.1) is 0 Å². The van der Waals surface area contributed by atoms with Crippen molar-refractivity contribution in [3.63, 3.8) is 0 Å². The molecule has 0 amide bonds. The second-order valence-corrected chi connectivity index (χ2v) is 3.86. The summed E-state index contributed by atoms with van der Waals surface area (Å²) in [4.78, 5) is 44.4. The van der Waals surface area contributed by atoms with E-state index in [1.165, 1.54) is 48.3 Å². The molecule has 8 heteroatoms. The number of nitrogens with zero attached hydrogens (tertiary/aromatic N) is 1. The van der Waals surface area contributed by atoms with Crippen LogP contribution in [0, 0.1) is 0 Å². The van der Waals surface area contributed by atoms with Gasteiger partial charge < -0.3 is 19.8 Å². The third kappa shape index (κ3) is 4.16. The summed E-state index contributed by atoms with van der Waals surface area (Å²) in [6, 6.07) is 5.52. The topological polar surface area (TPSA) is 129 Å². The molecule has 0 saturated heterocycles. The molecule has 2 rings (SSSR count). The summed E-state index contributed by atoms with van der Waals surface area (Å²) in [5.74, 6) is -2.40. The largest absolute Gasteiger partial charge is 0.477 e. The zero-order valence-corrected chi connectivity index (χ0v) is 10.9. The first kappa shape index (κ1) is 15.9. The lowest BCUT2D eigenvalue weighted by molar-refractivity contribution is 0.0683. The minimum atomic E-state index is -1.21. The normalized spacial score (nSPS) is 9.38. The van der Waals surface area contributed by atoms with Crippen molar-refractivity contribution >= 4 is 11.9 Å². The fourth-order valence-corrected chi connectivity index (χ4v) is 1.35. The highest BCUT2D eigenvalue weighted by Crippen LogP contribution is 1.89. The molecule has 0 spiro atoms. The van der Waals surface area contributed by atoms with Gasteiger partial charge in [0, 0.05) is 19.4 Å². The average molecular weight is 292 g/mol. The number of rotatable bonds is 2. The fourth-order valence-electron chi connectivity index (χ4n) is 1.35. The maximum Gasteiger partial charge on any atom is 0.341 e. The summed E-state index contributed by atoms with van der Waals surface area (Å²) >= 11 is 0. The first-order chi connectivity index (χ1) is 9.84. The molecule has 2 heterocycles. The molecule has 0 aliphatic heterocycles. The average Bonchev–Trinajstić information content (AvgIpc) is 2.42. The summed E-state index contributed by atoms with van der Waals surface area (Å²) in [5.41, 5.74) is -1.49. The molecular formula is C13H12N2O6. The third-order valence-corrected chi connectivity index (χ3v) is 2.40. The highest BCUT2D eigenvalue weighted by Gasteiger charge is 2.07. The van der Waals surface area contributed by atoms with Gasteiger partial charge in [-0.1, -0.05) is 0 Å². The lowest BCUT2D eigenvalue weighted by atomic mass is 10.3. The van der Waals surface area contributed by atoms with Crippen molar-refractivity contribution in [3.05, 3.63) is 68.5 Å². The highest BCUT2D eigenvalue weighted by atomic mass is 16.4. The molecule has 0 unspecified atom stereocenters. The Morgan fingerprint density at radius 3 is 2.05 bits per heavy atom. The number of pyridine rings is 2. The molecule has 3 N–H and O–H groups in total. The van der Waals surface area contributed by atoms with Crippen LogP contribution in [0.15, 0.2) is 46.2 Å². The van der Waals surface area contributed by atoms with Crippen LogP contribution in [0.5, 0.6) is 0 Å². The standard InChI is InChI=1S/C7H7NO3.C6H5NO3/c1-8-4-2-3-5(6(8)9)7(10)11;8-5-4(6(9)10)2-1-3-7-5/h2-4H,1H3,(H,10,11);1-3H,(H,7,8)(H,9,10). The Morgan fingerprint density at radius 2 is 1.62 bits per heavy atom. The number of hydrogen-bond acceptors (Lipinski definition) is 4. The molecule has 0 saturated carbocycles. The predicted octanol–water partition coefficient (Wildman–Crippen LogP) is 0.157. The number of aryl methyl sites for hydroxylation is 1. The van der Waals surface area contributed by atoms with Crippen LogP contribution < -0.4 is 11.1 Å². The second-order valence-electron chi connectivity index (χ2n) is 3.86. The van der Waals surface area contributed by atoms with Crippen molar-refractivity contribution in [1.82, 2.24) is 9.55 Å². The number of nitrogens with one attached hydrogen (secondary N) is 1. The lowest BCUT2D eigenvalue weighted by Crippen LogP contribution is -2.22. The van der Waals surface area contributed by atoms with Crippen LogP contribution in [0.1, 0.15) is 20.7 Å². The Bertz CT molecular complexity index is 774. The van der Waals surface area contributed by atoms with Crippen LogP contribution in [0.25, 0.3) is 0 Å². The second kappa shape index (κ2) is 6.85. The molecule has 0 bridgehead atoms. The van der Waals surface area contributed by atoms with E-state index in [-0.39, 0.29) is 11.1 Å². The van der Waals surface area contributed by atoms with Gasteiger partial charge in [-0.3, -0.25) is 9.59 Å². The van der Waals surface area contributed by atoms with Crippen molar-refractivity contribution < 1.29 is 19.8 Å². The quantitative estimate of drug-likeness (QED) is 0.722. The molecule has 0 aromatic carbocycles. The van der Waals surface area contributed by atoms with Gasteiger partial charge in [0.15, 0.2) is 0 Å². The molecule has 110 valence electrons. The van der Waals surface area contributed by atoms with Crippen molar-refractivity contribution in [2.24, 2.45) is 7.05 Å². The van der Waals surface area contributed by atoms with Gasteiger partial charge in [0.1, 0.15) is 11.1 Å². The van der Waals surface area contributed by atoms with Crippen LogP contribution in [0.3, 0.4) is 0 Å². The SMILES string of the molecule is Cn1cccc(C(=O)O)c1=O.O=C(O)c1ccc[nH]c1=O. The summed E-state index contributed by atoms with van der Waals surface area (Å²) in [5, 5.41) is 16.8. The van der Waals surface area contributed by atoms with Crippen LogP contribution in [0.4, 0.5) is 0 Å². The molecule has 0 aliphatic carbocycles. The van der Waals surface area contributed by atoms with Gasteiger partial charge in [-0.2, -0.15) is 0 Å². The number of carboxylic acid groups (broad SMARTS) is 2. The van der Waals surface area contributed by atoms with E-state index in [0.717, 1.165) is 0 Å². The van der Waals surface area contributed by atoms with Crippen LogP contribution >= 0.6 is 0 Å². The summed E-state index contributed by atoms with van der Waals surface area (Å²) < 4.78 is 1.23. The number of carboxylic acids is 2. The number of aromatic carboxylic acids is 2. The molecule has 2 aromatic heterocycles. The van der Waals surface area contributed by atoms with Gasteiger partial charge in [0.2, 0.25) is 0 Å². The van der Waals surface area contributed by atoms with E-state index >= 15 is 0 Å². The number of hydrogen-bond donors (Lipinski definition) is 3. The number of H-pyrrole nitrogens is 1. The molecule has 8 nitrogen and oxygen atoms in total. The third-order valence-electron chi connectivity index (χ3n) is 2.40. The van der Waals surface area contributed by atoms with Crippen molar-refractivity contribution in [2.75, 3.05) is 0 Å². The van der Waals surface area contributed by atoms with Crippen molar-refractivity contribution in [2.45, 2.75) is 0 Å². The van der Waals surface area contributed by atoms with Crippen LogP contribution in [-0.2, 0) is 7.05 Å². The monoisotopic (exact) mass is 292 g/mol. The van der Waals surface area contributed by atoms with E-state index in [4.69, 9.17) is 10.2 Å². The van der Waals surface area contributed by atoms with E-state index in [0.29, 0.717) is 0 Å². The minimum Gasteiger partial charge on any atom is -0.477 e. The molecular weight excluding hydrogens is 280 g/mol. The van der Waals surface area contributed by atoms with Gasteiger partial charge in [-0.15, -0.1) is 0 Å². The molecule has 0 fully saturated rings. The zero-order chi connectivity index (χ0) is 16.0. The Morgan fingerprint density at radius 1 is 1.05 bits per heavy atom. The number of carbonyl (C=O) groups is 2. The Balaban J connectivity index is 0.000000211. The summed E-state index contributed by atoms with van der Waals surface area (Å²) in [6.45, 7) is 0. The predicted molar refractivity (Wildman–Crippen MR) is 72.7 cm³/mol. The molecule has 21 heavy (non-hydrogen) atoms. The van der Waals surface area contributed by atoms with Crippen molar-refractivity contribution in [1.29, 1.82) is 0 Å². The Hall–Kier alpha value is -3.16. The summed E-state index contributed by atoms with van der Waals surface area (Å²) in [7, 11) is 1.51. The van der Waals surface area contributed by atoms with E-state index in [2.05, 4.69) is 4.98 Å². The summed E-state index contributed by atoms with van der Waals surface area (Å²) in [6.07, 6.45) is 2.89. The minimum absolute atomic E-state index is 0.199. The van der Waals surface area contributed by atoms with Gasteiger partial charge in [-0.25, -0.2) is 9.59 Å². The first-order valence-corrected chi connectivity index (χ1v) is 5.64. The van der Waals surface area contributed by atoms with Gasteiger partial charge in [-0.05, 0) is 24.3 Å². The smallest absolute Gasteiger partial charge is 0.341 e. The Labute approximate surface area is 117 Å². The van der Waals surface area contributed by atoms with Gasteiger partial charge in [0.25, 0.3) is 11.1 Å². The molecule has 0 atom stereocenters.